The lowest BCUT2D eigenvalue weighted by Gasteiger charge is -2.06. The Kier molecular flexibility index (Phi) is 3.16. The normalized spacial score (nSPS) is 11.3. The first kappa shape index (κ1) is 12.1. The van der Waals surface area contributed by atoms with Crippen molar-refractivity contribution in [2.75, 3.05) is 0 Å². The number of benzene rings is 1. The summed E-state index contributed by atoms with van der Waals surface area (Å²) in [7, 11) is 2.11. The lowest BCUT2D eigenvalue weighted by Crippen LogP contribution is -1.93. The van der Waals surface area contributed by atoms with E-state index < -0.39 is 0 Å². The molecule has 0 radical (unpaired) electrons. The van der Waals surface area contributed by atoms with Crippen LogP contribution in [0.5, 0.6) is 0 Å². The number of H-pyrrole nitrogens is 1. The minimum absolute atomic E-state index is 1.12. The van der Waals surface area contributed by atoms with Gasteiger partial charge in [-0.3, -0.25) is 0 Å². The third-order valence-corrected chi connectivity index (χ3v) is 3.76. The molecule has 0 aliphatic heterocycles. The van der Waals surface area contributed by atoms with Gasteiger partial charge in [0.15, 0.2) is 0 Å². The molecule has 0 aliphatic carbocycles. The van der Waals surface area contributed by atoms with Crippen molar-refractivity contribution in [2.45, 2.75) is 26.2 Å². The van der Waals surface area contributed by atoms with Gasteiger partial charge in [0, 0.05) is 35.4 Å². The van der Waals surface area contributed by atoms with E-state index in [9.17, 15) is 0 Å². The second kappa shape index (κ2) is 4.96. The van der Waals surface area contributed by atoms with Crippen LogP contribution in [0.3, 0.4) is 0 Å². The van der Waals surface area contributed by atoms with Gasteiger partial charge >= 0.3 is 0 Å². The Balaban J connectivity index is 2.21. The standard InChI is InChI=1S/C17H20N2/c1-3-4-9-15-17(16-11-7-12-19(16)2)13-8-5-6-10-14(13)18-15/h5-8,10-12,18H,3-4,9H2,1-2H3. The van der Waals surface area contributed by atoms with Crippen LogP contribution in [-0.4, -0.2) is 9.55 Å². The summed E-state index contributed by atoms with van der Waals surface area (Å²) in [4.78, 5) is 3.60. The third-order valence-electron chi connectivity index (χ3n) is 3.76. The number of nitrogens with zero attached hydrogens (tertiary/aromatic N) is 1. The predicted molar refractivity (Wildman–Crippen MR) is 81.3 cm³/mol. The summed E-state index contributed by atoms with van der Waals surface area (Å²) in [5.41, 5.74) is 5.27. The Morgan fingerprint density at radius 3 is 2.68 bits per heavy atom. The first-order chi connectivity index (χ1) is 9.31. The second-order valence-corrected chi connectivity index (χ2v) is 5.13. The number of aryl methyl sites for hydroxylation is 2. The molecule has 2 heterocycles. The van der Waals surface area contributed by atoms with Gasteiger partial charge in [-0.2, -0.15) is 0 Å². The highest BCUT2D eigenvalue weighted by Crippen LogP contribution is 2.33. The van der Waals surface area contributed by atoms with Crippen molar-refractivity contribution in [3.8, 4) is 11.3 Å². The molecule has 2 aromatic heterocycles. The van der Waals surface area contributed by atoms with E-state index in [0.717, 1.165) is 6.42 Å². The molecule has 1 N–H and O–H groups in total. The number of unbranched alkanes of at least 4 members (excludes halogenated alkanes) is 1. The molecule has 19 heavy (non-hydrogen) atoms. The zero-order chi connectivity index (χ0) is 13.2. The molecule has 0 saturated heterocycles. The largest absolute Gasteiger partial charge is 0.358 e. The van der Waals surface area contributed by atoms with Crippen LogP contribution in [0.15, 0.2) is 42.6 Å². The smallest absolute Gasteiger partial charge is 0.0502 e. The first-order valence-corrected chi connectivity index (χ1v) is 7.02. The molecule has 0 fully saturated rings. The Morgan fingerprint density at radius 1 is 1.11 bits per heavy atom. The van der Waals surface area contributed by atoms with E-state index in [1.165, 1.54) is 40.7 Å². The highest BCUT2D eigenvalue weighted by Gasteiger charge is 2.14. The monoisotopic (exact) mass is 252 g/mol. The maximum Gasteiger partial charge on any atom is 0.0502 e. The molecule has 0 unspecified atom stereocenters. The molecule has 0 aliphatic rings. The van der Waals surface area contributed by atoms with Crippen LogP contribution in [-0.2, 0) is 13.5 Å². The van der Waals surface area contributed by atoms with Crippen molar-refractivity contribution < 1.29 is 0 Å². The number of nitrogens with one attached hydrogen (secondary N) is 1. The lowest BCUT2D eigenvalue weighted by atomic mass is 10.0. The predicted octanol–water partition coefficient (Wildman–Crippen LogP) is 4.52. The Bertz CT molecular complexity index is 688. The summed E-state index contributed by atoms with van der Waals surface area (Å²) in [6, 6.07) is 12.9. The number of rotatable bonds is 4. The van der Waals surface area contributed by atoms with E-state index >= 15 is 0 Å². The highest BCUT2D eigenvalue weighted by molar-refractivity contribution is 5.96. The molecular weight excluding hydrogens is 232 g/mol. The molecule has 2 heteroatoms. The van der Waals surface area contributed by atoms with Crippen LogP contribution in [0, 0.1) is 0 Å². The molecule has 0 saturated carbocycles. The molecular formula is C17H20N2. The molecule has 0 spiro atoms. The van der Waals surface area contributed by atoms with Crippen LogP contribution in [0.2, 0.25) is 0 Å². The van der Waals surface area contributed by atoms with Crippen LogP contribution >= 0.6 is 0 Å². The molecule has 0 atom stereocenters. The first-order valence-electron chi connectivity index (χ1n) is 7.02. The summed E-state index contributed by atoms with van der Waals surface area (Å²) in [6.45, 7) is 2.24. The average molecular weight is 252 g/mol. The molecule has 0 amide bonds. The summed E-state index contributed by atoms with van der Waals surface area (Å²) in [6.07, 6.45) is 5.68. The van der Waals surface area contributed by atoms with E-state index in [1.54, 1.807) is 0 Å². The van der Waals surface area contributed by atoms with Gasteiger partial charge in [0.1, 0.15) is 0 Å². The molecule has 2 nitrogen and oxygen atoms in total. The van der Waals surface area contributed by atoms with Crippen LogP contribution in [0.1, 0.15) is 25.5 Å². The SMILES string of the molecule is CCCCc1[nH]c2ccccc2c1-c1cccn1C. The fourth-order valence-corrected chi connectivity index (χ4v) is 2.75. The van der Waals surface area contributed by atoms with E-state index in [2.05, 4.69) is 66.1 Å². The Labute approximate surface area is 114 Å². The van der Waals surface area contributed by atoms with Crippen molar-refractivity contribution in [1.82, 2.24) is 9.55 Å². The number of aromatic amines is 1. The average Bonchev–Trinajstić information content (AvgIpc) is 2.99. The van der Waals surface area contributed by atoms with Crippen molar-refractivity contribution in [3.05, 3.63) is 48.3 Å². The Morgan fingerprint density at radius 2 is 1.95 bits per heavy atom. The van der Waals surface area contributed by atoms with Crippen LogP contribution in [0.25, 0.3) is 22.2 Å². The molecule has 0 bridgehead atoms. The number of hydrogen-bond acceptors (Lipinski definition) is 0. The van der Waals surface area contributed by atoms with E-state index in [4.69, 9.17) is 0 Å². The lowest BCUT2D eigenvalue weighted by molar-refractivity contribution is 0.782. The maximum absolute atomic E-state index is 3.60. The number of hydrogen-bond donors (Lipinski definition) is 1. The zero-order valence-electron chi connectivity index (χ0n) is 11.6. The van der Waals surface area contributed by atoms with Crippen molar-refractivity contribution in [1.29, 1.82) is 0 Å². The highest BCUT2D eigenvalue weighted by atomic mass is 14.9. The summed E-state index contributed by atoms with van der Waals surface area (Å²) in [5, 5.41) is 1.33. The maximum atomic E-state index is 3.60. The topological polar surface area (TPSA) is 20.7 Å². The molecule has 3 aromatic rings. The fourth-order valence-electron chi connectivity index (χ4n) is 2.75. The van der Waals surface area contributed by atoms with Crippen LogP contribution in [0.4, 0.5) is 0 Å². The number of fused-ring (bicyclic) bond motifs is 1. The van der Waals surface area contributed by atoms with Gasteiger partial charge in [0.2, 0.25) is 0 Å². The summed E-state index contributed by atoms with van der Waals surface area (Å²) >= 11 is 0. The minimum atomic E-state index is 1.12. The zero-order valence-corrected chi connectivity index (χ0v) is 11.6. The van der Waals surface area contributed by atoms with Crippen molar-refractivity contribution in [2.24, 2.45) is 7.05 Å². The van der Waals surface area contributed by atoms with E-state index in [0.29, 0.717) is 0 Å². The third kappa shape index (κ3) is 2.07. The van der Waals surface area contributed by atoms with Gasteiger partial charge in [-0.15, -0.1) is 0 Å². The minimum Gasteiger partial charge on any atom is -0.358 e. The molecule has 3 rings (SSSR count). The summed E-state index contributed by atoms with van der Waals surface area (Å²) in [5.74, 6) is 0. The van der Waals surface area contributed by atoms with Gasteiger partial charge in [-0.05, 0) is 31.0 Å². The summed E-state index contributed by atoms with van der Waals surface area (Å²) < 4.78 is 2.20. The van der Waals surface area contributed by atoms with E-state index in [-0.39, 0.29) is 0 Å². The van der Waals surface area contributed by atoms with Gasteiger partial charge in [0.05, 0.1) is 5.69 Å². The number of para-hydroxylation sites is 1. The van der Waals surface area contributed by atoms with Crippen molar-refractivity contribution >= 4 is 10.9 Å². The number of aromatic nitrogens is 2. The van der Waals surface area contributed by atoms with Gasteiger partial charge < -0.3 is 9.55 Å². The van der Waals surface area contributed by atoms with E-state index in [1.807, 2.05) is 0 Å². The quantitative estimate of drug-likeness (QED) is 0.705. The molecule has 98 valence electrons. The van der Waals surface area contributed by atoms with Crippen LogP contribution < -0.4 is 0 Å². The van der Waals surface area contributed by atoms with Gasteiger partial charge in [0.25, 0.3) is 0 Å². The molecule has 1 aromatic carbocycles. The second-order valence-electron chi connectivity index (χ2n) is 5.13. The Hall–Kier alpha value is -1.96. The fraction of sp³-hybridized carbons (Fsp3) is 0.294. The van der Waals surface area contributed by atoms with Gasteiger partial charge in [-0.25, -0.2) is 0 Å². The van der Waals surface area contributed by atoms with Crippen molar-refractivity contribution in [3.63, 3.8) is 0 Å². The van der Waals surface area contributed by atoms with Gasteiger partial charge in [-0.1, -0.05) is 31.5 Å².